The van der Waals surface area contributed by atoms with E-state index in [1.54, 1.807) is 0 Å². The summed E-state index contributed by atoms with van der Waals surface area (Å²) in [7, 11) is 1.36. The van der Waals surface area contributed by atoms with Crippen molar-refractivity contribution in [2.24, 2.45) is 5.92 Å². The Kier molecular flexibility index (Phi) is 4.17. The number of fused-ring (bicyclic) bond motifs is 2. The van der Waals surface area contributed by atoms with Crippen molar-refractivity contribution in [3.63, 3.8) is 0 Å². The summed E-state index contributed by atoms with van der Waals surface area (Å²) in [5.41, 5.74) is 1.12. The first-order valence-electron chi connectivity index (χ1n) is 7.74. The van der Waals surface area contributed by atoms with Crippen LogP contribution in [0.15, 0.2) is 30.3 Å². The number of rotatable bonds is 3. The number of carbonyl (C=O) groups is 1. The highest BCUT2D eigenvalue weighted by Crippen LogP contribution is 2.44. The van der Waals surface area contributed by atoms with Gasteiger partial charge in [-0.2, -0.15) is 0 Å². The van der Waals surface area contributed by atoms with Gasteiger partial charge in [-0.25, -0.2) is 8.78 Å². The zero-order chi connectivity index (χ0) is 15.7. The lowest BCUT2D eigenvalue weighted by Crippen LogP contribution is -2.57. The highest BCUT2D eigenvalue weighted by Gasteiger charge is 2.50. The van der Waals surface area contributed by atoms with Gasteiger partial charge in [-0.15, -0.1) is 0 Å². The molecule has 2 unspecified atom stereocenters. The number of methoxy groups -OCH3 is 1. The summed E-state index contributed by atoms with van der Waals surface area (Å²) in [5, 5.41) is 0. The molecule has 0 N–H and O–H groups in total. The molecule has 2 saturated heterocycles. The second-order valence-corrected chi connectivity index (χ2v) is 6.42. The standard InChI is InChI=1S/C17H21F2NO2/c1-22-16(21)13-7-14-9-17(18,19)10-15(8-13)20(14)11-12-5-3-2-4-6-12/h2-6,13-15H,7-11H2,1H3. The molecule has 2 bridgehead atoms. The van der Waals surface area contributed by atoms with Gasteiger partial charge in [-0.3, -0.25) is 9.69 Å². The lowest BCUT2D eigenvalue weighted by Gasteiger charge is -2.50. The molecule has 120 valence electrons. The van der Waals surface area contributed by atoms with Gasteiger partial charge in [0.05, 0.1) is 13.0 Å². The van der Waals surface area contributed by atoms with Crippen molar-refractivity contribution in [1.82, 2.24) is 4.90 Å². The molecule has 2 atom stereocenters. The largest absolute Gasteiger partial charge is 0.469 e. The fraction of sp³-hybridized carbons (Fsp3) is 0.588. The topological polar surface area (TPSA) is 29.5 Å². The minimum atomic E-state index is -2.62. The van der Waals surface area contributed by atoms with Gasteiger partial charge in [0.1, 0.15) is 0 Å². The molecular formula is C17H21F2NO2. The molecule has 1 aromatic rings. The van der Waals surface area contributed by atoms with Gasteiger partial charge in [0.15, 0.2) is 0 Å². The Morgan fingerprint density at radius 2 is 1.82 bits per heavy atom. The van der Waals surface area contributed by atoms with E-state index in [9.17, 15) is 13.6 Å². The Morgan fingerprint density at radius 1 is 1.23 bits per heavy atom. The maximum atomic E-state index is 13.9. The van der Waals surface area contributed by atoms with E-state index in [2.05, 4.69) is 4.90 Å². The average molecular weight is 309 g/mol. The molecule has 2 heterocycles. The lowest BCUT2D eigenvalue weighted by atomic mass is 9.76. The Morgan fingerprint density at radius 3 is 2.36 bits per heavy atom. The fourth-order valence-corrected chi connectivity index (χ4v) is 3.91. The van der Waals surface area contributed by atoms with Crippen molar-refractivity contribution < 1.29 is 18.3 Å². The van der Waals surface area contributed by atoms with Crippen molar-refractivity contribution >= 4 is 5.97 Å². The number of nitrogens with zero attached hydrogens (tertiary/aromatic N) is 1. The van der Waals surface area contributed by atoms with Crippen molar-refractivity contribution in [3.8, 4) is 0 Å². The predicted octanol–water partition coefficient (Wildman–Crippen LogP) is 3.24. The van der Waals surface area contributed by atoms with Crippen LogP contribution in [0.3, 0.4) is 0 Å². The van der Waals surface area contributed by atoms with Crippen molar-refractivity contribution in [3.05, 3.63) is 35.9 Å². The van der Waals surface area contributed by atoms with Crippen molar-refractivity contribution in [1.29, 1.82) is 0 Å². The highest BCUT2D eigenvalue weighted by molar-refractivity contribution is 5.72. The number of esters is 1. The lowest BCUT2D eigenvalue weighted by molar-refractivity contribution is -0.160. The predicted molar refractivity (Wildman–Crippen MR) is 78.5 cm³/mol. The van der Waals surface area contributed by atoms with Crippen LogP contribution < -0.4 is 0 Å². The summed E-state index contributed by atoms with van der Waals surface area (Å²) in [4.78, 5) is 14.0. The van der Waals surface area contributed by atoms with Crippen molar-refractivity contribution in [2.45, 2.75) is 50.2 Å². The maximum absolute atomic E-state index is 13.9. The van der Waals surface area contributed by atoms with Crippen LogP contribution in [0.4, 0.5) is 8.78 Å². The highest BCUT2D eigenvalue weighted by atomic mass is 19.3. The maximum Gasteiger partial charge on any atom is 0.308 e. The first-order valence-corrected chi connectivity index (χ1v) is 7.74. The van der Waals surface area contributed by atoms with Crippen LogP contribution in [0.2, 0.25) is 0 Å². The van der Waals surface area contributed by atoms with E-state index in [1.165, 1.54) is 7.11 Å². The third-order valence-electron chi connectivity index (χ3n) is 4.86. The molecule has 0 spiro atoms. The summed E-state index contributed by atoms with van der Waals surface area (Å²) < 4.78 is 32.6. The van der Waals surface area contributed by atoms with Gasteiger partial charge >= 0.3 is 5.97 Å². The number of hydrogen-bond acceptors (Lipinski definition) is 3. The minimum Gasteiger partial charge on any atom is -0.469 e. The second-order valence-electron chi connectivity index (χ2n) is 6.42. The number of carbonyl (C=O) groups excluding carboxylic acids is 1. The summed E-state index contributed by atoms with van der Waals surface area (Å²) >= 11 is 0. The Hall–Kier alpha value is -1.49. The zero-order valence-electron chi connectivity index (χ0n) is 12.7. The number of benzene rings is 1. The number of halogens is 2. The summed E-state index contributed by atoms with van der Waals surface area (Å²) in [6.45, 7) is 0.667. The first kappa shape index (κ1) is 15.4. The fourth-order valence-electron chi connectivity index (χ4n) is 3.91. The van der Waals surface area contributed by atoms with Crippen LogP contribution in [-0.4, -0.2) is 36.0 Å². The van der Waals surface area contributed by atoms with Gasteiger partial charge < -0.3 is 4.74 Å². The first-order chi connectivity index (χ1) is 10.5. The molecular weight excluding hydrogens is 288 g/mol. The monoisotopic (exact) mass is 309 g/mol. The van der Waals surface area contributed by atoms with E-state index in [4.69, 9.17) is 4.74 Å². The van der Waals surface area contributed by atoms with Gasteiger partial charge in [0.2, 0.25) is 0 Å². The van der Waals surface area contributed by atoms with Gasteiger partial charge in [0, 0.05) is 31.5 Å². The van der Waals surface area contributed by atoms with E-state index in [1.807, 2.05) is 30.3 Å². The van der Waals surface area contributed by atoms with E-state index < -0.39 is 5.92 Å². The van der Waals surface area contributed by atoms with Crippen LogP contribution in [0, 0.1) is 5.92 Å². The van der Waals surface area contributed by atoms with Gasteiger partial charge in [0.25, 0.3) is 5.92 Å². The molecule has 0 amide bonds. The second kappa shape index (κ2) is 5.95. The van der Waals surface area contributed by atoms with Gasteiger partial charge in [-0.1, -0.05) is 30.3 Å². The molecule has 2 aliphatic heterocycles. The molecule has 3 rings (SSSR count). The van der Waals surface area contributed by atoms with Gasteiger partial charge in [-0.05, 0) is 18.4 Å². The zero-order valence-corrected chi connectivity index (χ0v) is 12.7. The molecule has 0 aromatic heterocycles. The normalized spacial score (nSPS) is 30.8. The minimum absolute atomic E-state index is 0.163. The molecule has 2 aliphatic rings. The van der Waals surface area contributed by atoms with E-state index in [-0.39, 0.29) is 36.8 Å². The van der Waals surface area contributed by atoms with Crippen LogP contribution in [0.1, 0.15) is 31.2 Å². The molecule has 0 radical (unpaired) electrons. The third kappa shape index (κ3) is 3.14. The molecule has 5 heteroatoms. The number of piperidine rings is 2. The van der Waals surface area contributed by atoms with Crippen LogP contribution in [0.25, 0.3) is 0 Å². The smallest absolute Gasteiger partial charge is 0.308 e. The van der Waals surface area contributed by atoms with Crippen LogP contribution in [-0.2, 0) is 16.1 Å². The SMILES string of the molecule is COC(=O)C1CC2CC(F)(F)CC(C1)N2Cc1ccccc1. The summed E-state index contributed by atoms with van der Waals surface area (Å²) in [6, 6.07) is 9.38. The quantitative estimate of drug-likeness (QED) is 0.803. The average Bonchev–Trinajstić information content (AvgIpc) is 2.48. The Balaban J connectivity index is 1.78. The molecule has 3 nitrogen and oxygen atoms in total. The van der Waals surface area contributed by atoms with Crippen molar-refractivity contribution in [2.75, 3.05) is 7.11 Å². The summed E-state index contributed by atoms with van der Waals surface area (Å²) in [6.07, 6.45) is 0.602. The van der Waals surface area contributed by atoms with E-state index >= 15 is 0 Å². The van der Waals surface area contributed by atoms with Crippen LogP contribution in [0.5, 0.6) is 0 Å². The number of alkyl halides is 2. The number of ether oxygens (including phenoxy) is 1. The van der Waals surface area contributed by atoms with E-state index in [0.29, 0.717) is 19.4 Å². The number of hydrogen-bond donors (Lipinski definition) is 0. The Labute approximate surface area is 129 Å². The molecule has 0 aliphatic carbocycles. The third-order valence-corrected chi connectivity index (χ3v) is 4.86. The molecule has 2 fully saturated rings. The molecule has 1 aromatic carbocycles. The molecule has 22 heavy (non-hydrogen) atoms. The summed E-state index contributed by atoms with van der Waals surface area (Å²) in [5.74, 6) is -3.13. The molecule has 0 saturated carbocycles. The Bertz CT molecular complexity index is 517. The van der Waals surface area contributed by atoms with E-state index in [0.717, 1.165) is 5.56 Å². The van der Waals surface area contributed by atoms with Crippen LogP contribution >= 0.6 is 0 Å².